The average Bonchev–Trinajstić information content (AvgIpc) is 2.28. The second-order valence-corrected chi connectivity index (χ2v) is 5.58. The third-order valence-corrected chi connectivity index (χ3v) is 4.10. The van der Waals surface area contributed by atoms with Gasteiger partial charge in [-0.15, -0.1) is 0 Å². The quantitative estimate of drug-likeness (QED) is 0.758. The van der Waals surface area contributed by atoms with Crippen LogP contribution in [0.4, 0.5) is 0 Å². The zero-order valence-corrected chi connectivity index (χ0v) is 10.1. The number of nitrogens with zero attached hydrogens (tertiary/aromatic N) is 1. The van der Waals surface area contributed by atoms with Crippen LogP contribution in [0.25, 0.3) is 10.8 Å². The summed E-state index contributed by atoms with van der Waals surface area (Å²) in [5, 5.41) is 2.47. The molecule has 1 aromatic carbocycles. The van der Waals surface area contributed by atoms with Crippen molar-refractivity contribution < 1.29 is 0 Å². The van der Waals surface area contributed by atoms with Crippen molar-refractivity contribution >= 4 is 22.5 Å². The molecule has 0 amide bonds. The van der Waals surface area contributed by atoms with Gasteiger partial charge in [-0.1, -0.05) is 12.1 Å². The maximum atomic E-state index is 4.12. The average molecular weight is 217 g/mol. The van der Waals surface area contributed by atoms with E-state index in [-0.39, 0.29) is 4.75 Å². The molecule has 0 fully saturated rings. The van der Waals surface area contributed by atoms with Gasteiger partial charge in [0.25, 0.3) is 0 Å². The lowest BCUT2D eigenvalue weighted by atomic mass is 9.99. The van der Waals surface area contributed by atoms with Crippen molar-refractivity contribution in [2.45, 2.75) is 18.6 Å². The van der Waals surface area contributed by atoms with Gasteiger partial charge < -0.3 is 0 Å². The summed E-state index contributed by atoms with van der Waals surface area (Å²) in [6, 6.07) is 8.67. The Morgan fingerprint density at radius 1 is 1.13 bits per heavy atom. The third-order valence-electron chi connectivity index (χ3n) is 2.85. The molecule has 2 heteroatoms. The normalized spacial score (nSPS) is 11.9. The van der Waals surface area contributed by atoms with Crippen molar-refractivity contribution in [3.8, 4) is 0 Å². The monoisotopic (exact) mass is 217 g/mol. The van der Waals surface area contributed by atoms with Gasteiger partial charge in [0.05, 0.1) is 0 Å². The molecule has 0 saturated heterocycles. The molecule has 0 spiro atoms. The van der Waals surface area contributed by atoms with Crippen LogP contribution in [0, 0.1) is 0 Å². The van der Waals surface area contributed by atoms with Crippen LogP contribution in [0.1, 0.15) is 19.4 Å². The Hall–Kier alpha value is -1.02. The van der Waals surface area contributed by atoms with Gasteiger partial charge in [0, 0.05) is 22.5 Å². The molecule has 0 N–H and O–H groups in total. The van der Waals surface area contributed by atoms with E-state index >= 15 is 0 Å². The maximum Gasteiger partial charge on any atom is 0.0349 e. The fourth-order valence-electron chi connectivity index (χ4n) is 1.58. The molecular formula is C13H15NS. The first-order valence-corrected chi connectivity index (χ1v) is 6.25. The van der Waals surface area contributed by atoms with Gasteiger partial charge in [0.2, 0.25) is 0 Å². The summed E-state index contributed by atoms with van der Waals surface area (Å²) in [5.41, 5.74) is 1.37. The number of pyridine rings is 1. The Morgan fingerprint density at radius 3 is 2.67 bits per heavy atom. The lowest BCUT2D eigenvalue weighted by molar-refractivity contribution is 0.787. The highest BCUT2D eigenvalue weighted by Gasteiger charge is 2.18. The number of benzene rings is 1. The maximum absolute atomic E-state index is 4.12. The molecule has 2 aromatic rings. The van der Waals surface area contributed by atoms with Gasteiger partial charge in [-0.2, -0.15) is 11.8 Å². The van der Waals surface area contributed by atoms with E-state index in [2.05, 4.69) is 49.4 Å². The van der Waals surface area contributed by atoms with Crippen molar-refractivity contribution in [1.82, 2.24) is 4.98 Å². The predicted molar refractivity (Wildman–Crippen MR) is 68.3 cm³/mol. The molecule has 0 unspecified atom stereocenters. The van der Waals surface area contributed by atoms with Crippen molar-refractivity contribution in [2.75, 3.05) is 6.26 Å². The molecular weight excluding hydrogens is 202 g/mol. The van der Waals surface area contributed by atoms with Gasteiger partial charge in [0.15, 0.2) is 0 Å². The van der Waals surface area contributed by atoms with E-state index in [4.69, 9.17) is 0 Å². The summed E-state index contributed by atoms with van der Waals surface area (Å²) >= 11 is 1.87. The Morgan fingerprint density at radius 2 is 1.93 bits per heavy atom. The number of thioether (sulfide) groups is 1. The first-order valence-electron chi connectivity index (χ1n) is 5.03. The van der Waals surface area contributed by atoms with E-state index in [9.17, 15) is 0 Å². The Bertz CT molecular complexity index is 477. The van der Waals surface area contributed by atoms with E-state index in [0.29, 0.717) is 0 Å². The van der Waals surface area contributed by atoms with E-state index in [1.165, 1.54) is 16.3 Å². The van der Waals surface area contributed by atoms with Gasteiger partial charge in [-0.25, -0.2) is 0 Å². The second-order valence-electron chi connectivity index (χ2n) is 4.15. The molecule has 0 aliphatic rings. The number of fused-ring (bicyclic) bond motifs is 1. The lowest BCUT2D eigenvalue weighted by Crippen LogP contribution is -2.10. The third kappa shape index (κ3) is 2.00. The summed E-state index contributed by atoms with van der Waals surface area (Å²) < 4.78 is 0.178. The molecule has 15 heavy (non-hydrogen) atoms. The highest BCUT2D eigenvalue weighted by molar-refractivity contribution is 7.99. The summed E-state index contributed by atoms with van der Waals surface area (Å²) in [5.74, 6) is 0. The first-order chi connectivity index (χ1) is 7.13. The molecule has 0 saturated carbocycles. The van der Waals surface area contributed by atoms with Crippen molar-refractivity contribution in [2.24, 2.45) is 0 Å². The number of hydrogen-bond donors (Lipinski definition) is 0. The summed E-state index contributed by atoms with van der Waals surface area (Å²) in [7, 11) is 0. The lowest BCUT2D eigenvalue weighted by Gasteiger charge is -2.22. The highest BCUT2D eigenvalue weighted by Crippen LogP contribution is 2.34. The van der Waals surface area contributed by atoms with E-state index < -0.39 is 0 Å². The van der Waals surface area contributed by atoms with Gasteiger partial charge >= 0.3 is 0 Å². The standard InChI is InChI=1S/C13H15NS/c1-13(2,15-3)12-5-4-11-9-14-7-6-10(11)8-12/h4-9H,1-3H3. The van der Waals surface area contributed by atoms with Gasteiger partial charge in [-0.3, -0.25) is 4.98 Å². The minimum Gasteiger partial charge on any atom is -0.264 e. The Labute approximate surface area is 94.9 Å². The molecule has 0 atom stereocenters. The van der Waals surface area contributed by atoms with Crippen LogP contribution in [-0.2, 0) is 4.75 Å². The molecule has 2 rings (SSSR count). The van der Waals surface area contributed by atoms with Crippen molar-refractivity contribution in [3.63, 3.8) is 0 Å². The molecule has 78 valence electrons. The number of hydrogen-bond acceptors (Lipinski definition) is 2. The number of rotatable bonds is 2. The molecule has 0 radical (unpaired) electrons. The molecule has 1 aromatic heterocycles. The molecule has 0 aliphatic carbocycles. The van der Waals surface area contributed by atoms with Crippen molar-refractivity contribution in [3.05, 3.63) is 42.2 Å². The van der Waals surface area contributed by atoms with E-state index in [1.54, 1.807) is 0 Å². The topological polar surface area (TPSA) is 12.9 Å². The van der Waals surface area contributed by atoms with Crippen LogP contribution in [0.2, 0.25) is 0 Å². The predicted octanol–water partition coefficient (Wildman–Crippen LogP) is 3.83. The largest absolute Gasteiger partial charge is 0.264 e. The SMILES string of the molecule is CSC(C)(C)c1ccc2cnccc2c1. The van der Waals surface area contributed by atoms with Gasteiger partial charge in [-0.05, 0) is 43.2 Å². The van der Waals surface area contributed by atoms with Crippen LogP contribution in [0.3, 0.4) is 0 Å². The first kappa shape index (κ1) is 10.5. The fraction of sp³-hybridized carbons (Fsp3) is 0.308. The minimum atomic E-state index is 0.178. The van der Waals surface area contributed by atoms with Crippen molar-refractivity contribution in [1.29, 1.82) is 0 Å². The van der Waals surface area contributed by atoms with Crippen LogP contribution in [-0.4, -0.2) is 11.2 Å². The Kier molecular flexibility index (Phi) is 2.70. The second kappa shape index (κ2) is 3.86. The van der Waals surface area contributed by atoms with E-state index in [1.807, 2.05) is 24.2 Å². The van der Waals surface area contributed by atoms with Crippen LogP contribution in [0.15, 0.2) is 36.7 Å². The van der Waals surface area contributed by atoms with Crippen LogP contribution in [0.5, 0.6) is 0 Å². The minimum absolute atomic E-state index is 0.178. The Balaban J connectivity index is 2.56. The smallest absolute Gasteiger partial charge is 0.0349 e. The summed E-state index contributed by atoms with van der Waals surface area (Å²) in [6.07, 6.45) is 5.90. The molecule has 1 nitrogen and oxygen atoms in total. The number of aromatic nitrogens is 1. The molecule has 0 aliphatic heterocycles. The molecule has 0 bridgehead atoms. The highest BCUT2D eigenvalue weighted by atomic mass is 32.2. The zero-order valence-electron chi connectivity index (χ0n) is 9.32. The zero-order chi connectivity index (χ0) is 10.9. The summed E-state index contributed by atoms with van der Waals surface area (Å²) in [6.45, 7) is 4.50. The summed E-state index contributed by atoms with van der Waals surface area (Å²) in [4.78, 5) is 4.12. The van der Waals surface area contributed by atoms with Gasteiger partial charge in [0.1, 0.15) is 0 Å². The van der Waals surface area contributed by atoms with Crippen LogP contribution < -0.4 is 0 Å². The van der Waals surface area contributed by atoms with Crippen LogP contribution >= 0.6 is 11.8 Å². The fourth-order valence-corrected chi connectivity index (χ4v) is 1.94. The molecule has 1 heterocycles. The van der Waals surface area contributed by atoms with E-state index in [0.717, 1.165) is 0 Å².